The fourth-order valence-corrected chi connectivity index (χ4v) is 2.57. The minimum Gasteiger partial charge on any atom is -0.339 e. The van der Waals surface area contributed by atoms with Crippen LogP contribution >= 0.6 is 0 Å². The second-order valence-corrected chi connectivity index (χ2v) is 5.78. The minimum atomic E-state index is -0.601. The molecule has 0 fully saturated rings. The number of aryl methyl sites for hydroxylation is 1. The van der Waals surface area contributed by atoms with Crippen LogP contribution in [-0.4, -0.2) is 15.5 Å². The average Bonchev–Trinajstić information content (AvgIpc) is 3.05. The maximum absolute atomic E-state index is 13.6. The molecule has 132 valence electrons. The van der Waals surface area contributed by atoms with E-state index in [0.717, 1.165) is 0 Å². The molecular formula is C20H17F2N3O. The second kappa shape index (κ2) is 7.74. The number of benzene rings is 2. The number of rotatable bonds is 5. The molecule has 1 atom stereocenters. The van der Waals surface area contributed by atoms with Crippen molar-refractivity contribution in [3.05, 3.63) is 95.6 Å². The van der Waals surface area contributed by atoms with Gasteiger partial charge in [0.25, 0.3) is 0 Å². The zero-order valence-electron chi connectivity index (χ0n) is 14.1. The van der Waals surface area contributed by atoms with Gasteiger partial charge in [-0.2, -0.15) is 0 Å². The molecule has 6 heteroatoms. The number of hydrogen-bond donors (Lipinski definition) is 1. The monoisotopic (exact) mass is 353 g/mol. The lowest BCUT2D eigenvalue weighted by molar-refractivity contribution is -0.117. The number of amides is 1. The van der Waals surface area contributed by atoms with Gasteiger partial charge in [-0.05, 0) is 41.5 Å². The van der Waals surface area contributed by atoms with E-state index in [-0.39, 0.29) is 11.7 Å². The van der Waals surface area contributed by atoms with Gasteiger partial charge in [-0.15, -0.1) is 0 Å². The lowest BCUT2D eigenvalue weighted by Gasteiger charge is -2.18. The van der Waals surface area contributed by atoms with E-state index in [1.165, 1.54) is 30.3 Å². The largest absolute Gasteiger partial charge is 0.339 e. The molecule has 0 aliphatic rings. The molecule has 4 nitrogen and oxygen atoms in total. The predicted octanol–water partition coefficient (Wildman–Crippen LogP) is 3.62. The van der Waals surface area contributed by atoms with Gasteiger partial charge < -0.3 is 9.88 Å². The Morgan fingerprint density at radius 1 is 1.15 bits per heavy atom. The zero-order chi connectivity index (χ0) is 18.5. The van der Waals surface area contributed by atoms with Crippen molar-refractivity contribution in [1.29, 1.82) is 0 Å². The van der Waals surface area contributed by atoms with Gasteiger partial charge in [0.2, 0.25) is 5.91 Å². The second-order valence-electron chi connectivity index (χ2n) is 5.78. The van der Waals surface area contributed by atoms with E-state index in [2.05, 4.69) is 10.3 Å². The van der Waals surface area contributed by atoms with Crippen LogP contribution < -0.4 is 5.32 Å². The Morgan fingerprint density at radius 2 is 1.92 bits per heavy atom. The summed E-state index contributed by atoms with van der Waals surface area (Å²) in [4.78, 5) is 16.6. The van der Waals surface area contributed by atoms with Crippen molar-refractivity contribution in [2.75, 3.05) is 0 Å². The number of hydrogen-bond acceptors (Lipinski definition) is 2. The molecule has 2 aromatic carbocycles. The molecular weight excluding hydrogens is 336 g/mol. The van der Waals surface area contributed by atoms with Crippen molar-refractivity contribution < 1.29 is 13.6 Å². The highest BCUT2D eigenvalue weighted by Gasteiger charge is 2.20. The Balaban J connectivity index is 1.82. The van der Waals surface area contributed by atoms with E-state index in [0.29, 0.717) is 17.0 Å². The normalized spacial score (nSPS) is 12.3. The SMILES string of the molecule is Cn1ccnc1[C@H](NC(=O)/C=C/c1ccc(F)cc1)c1cccc(F)c1. The first-order valence-corrected chi connectivity index (χ1v) is 8.00. The lowest BCUT2D eigenvalue weighted by atomic mass is 10.1. The number of carbonyl (C=O) groups excluding carboxylic acids is 1. The first kappa shape index (κ1) is 17.5. The van der Waals surface area contributed by atoms with Gasteiger partial charge in [0.15, 0.2) is 0 Å². The molecule has 0 radical (unpaired) electrons. The van der Waals surface area contributed by atoms with Crippen LogP contribution in [0, 0.1) is 11.6 Å². The summed E-state index contributed by atoms with van der Waals surface area (Å²) in [6.45, 7) is 0. The van der Waals surface area contributed by atoms with E-state index in [4.69, 9.17) is 0 Å². The van der Waals surface area contributed by atoms with Crippen LogP contribution in [0.3, 0.4) is 0 Å². The smallest absolute Gasteiger partial charge is 0.244 e. The number of nitrogens with one attached hydrogen (secondary N) is 1. The third kappa shape index (κ3) is 4.22. The zero-order valence-corrected chi connectivity index (χ0v) is 14.1. The Hall–Kier alpha value is -3.28. The first-order valence-electron chi connectivity index (χ1n) is 8.00. The molecule has 0 spiro atoms. The Morgan fingerprint density at radius 3 is 2.58 bits per heavy atom. The third-order valence-corrected chi connectivity index (χ3v) is 3.88. The van der Waals surface area contributed by atoms with Crippen LogP contribution in [0.1, 0.15) is 23.0 Å². The molecule has 1 N–H and O–H groups in total. The van der Waals surface area contributed by atoms with Crippen LogP contribution in [0.25, 0.3) is 6.08 Å². The van der Waals surface area contributed by atoms with Crippen molar-refractivity contribution in [2.24, 2.45) is 7.05 Å². The molecule has 0 unspecified atom stereocenters. The van der Waals surface area contributed by atoms with Gasteiger partial charge in [0.1, 0.15) is 23.5 Å². The van der Waals surface area contributed by atoms with Crippen LogP contribution in [0.5, 0.6) is 0 Å². The van der Waals surface area contributed by atoms with E-state index in [1.807, 2.05) is 0 Å². The van der Waals surface area contributed by atoms with Crippen molar-refractivity contribution in [3.63, 3.8) is 0 Å². The van der Waals surface area contributed by atoms with E-state index in [9.17, 15) is 13.6 Å². The summed E-state index contributed by atoms with van der Waals surface area (Å²) in [5.74, 6) is -0.518. The summed E-state index contributed by atoms with van der Waals surface area (Å²) < 4.78 is 28.3. The molecule has 1 heterocycles. The minimum absolute atomic E-state index is 0.340. The Bertz CT molecular complexity index is 932. The van der Waals surface area contributed by atoms with Gasteiger partial charge in [0, 0.05) is 25.5 Å². The third-order valence-electron chi connectivity index (χ3n) is 3.88. The standard InChI is InChI=1S/C20H17F2N3O/c1-25-12-11-23-20(25)19(15-3-2-4-17(22)13-15)24-18(26)10-7-14-5-8-16(21)9-6-14/h2-13,19H,1H3,(H,24,26)/b10-7+/t19-/m1/s1. The number of imidazole rings is 1. The van der Waals surface area contributed by atoms with Crippen LogP contribution in [0.4, 0.5) is 8.78 Å². The van der Waals surface area contributed by atoms with E-state index in [1.54, 1.807) is 54.3 Å². The summed E-state index contributed by atoms with van der Waals surface area (Å²) in [7, 11) is 1.80. The summed E-state index contributed by atoms with van der Waals surface area (Å²) in [5, 5.41) is 2.84. The molecule has 0 aliphatic carbocycles. The molecule has 26 heavy (non-hydrogen) atoms. The molecule has 0 saturated heterocycles. The highest BCUT2D eigenvalue weighted by Crippen LogP contribution is 2.21. The van der Waals surface area contributed by atoms with Gasteiger partial charge in [-0.3, -0.25) is 4.79 Å². The first-order chi connectivity index (χ1) is 12.5. The predicted molar refractivity (Wildman–Crippen MR) is 95.0 cm³/mol. The maximum atomic E-state index is 13.6. The highest BCUT2D eigenvalue weighted by molar-refractivity contribution is 5.92. The molecule has 1 amide bonds. The van der Waals surface area contributed by atoms with Crippen LogP contribution in [0.2, 0.25) is 0 Å². The number of halogens is 2. The number of nitrogens with zero attached hydrogens (tertiary/aromatic N) is 2. The van der Waals surface area contributed by atoms with E-state index < -0.39 is 11.9 Å². The summed E-state index contributed by atoms with van der Waals surface area (Å²) in [6, 6.07) is 11.2. The van der Waals surface area contributed by atoms with Gasteiger partial charge in [0.05, 0.1) is 0 Å². The summed E-state index contributed by atoms with van der Waals surface area (Å²) >= 11 is 0. The van der Waals surface area contributed by atoms with E-state index >= 15 is 0 Å². The van der Waals surface area contributed by atoms with Gasteiger partial charge in [-0.25, -0.2) is 13.8 Å². The molecule has 1 aromatic heterocycles. The topological polar surface area (TPSA) is 46.9 Å². The molecule has 0 aliphatic heterocycles. The molecule has 0 saturated carbocycles. The van der Waals surface area contributed by atoms with Crippen molar-refractivity contribution in [2.45, 2.75) is 6.04 Å². The summed E-state index contributed by atoms with van der Waals surface area (Å²) in [6.07, 6.45) is 6.29. The molecule has 3 rings (SSSR count). The van der Waals surface area contributed by atoms with Crippen LogP contribution in [-0.2, 0) is 11.8 Å². The quantitative estimate of drug-likeness (QED) is 0.712. The highest BCUT2D eigenvalue weighted by atomic mass is 19.1. The Kier molecular flexibility index (Phi) is 5.22. The summed E-state index contributed by atoms with van der Waals surface area (Å²) in [5.41, 5.74) is 1.28. The fraction of sp³-hybridized carbons (Fsp3) is 0.100. The number of carbonyl (C=O) groups is 1. The fourth-order valence-electron chi connectivity index (χ4n) is 2.57. The average molecular weight is 353 g/mol. The van der Waals surface area contributed by atoms with Crippen molar-refractivity contribution in [3.8, 4) is 0 Å². The molecule has 3 aromatic rings. The number of aromatic nitrogens is 2. The van der Waals surface area contributed by atoms with Crippen molar-refractivity contribution in [1.82, 2.24) is 14.9 Å². The Labute approximate surface area is 149 Å². The molecule has 0 bridgehead atoms. The lowest BCUT2D eigenvalue weighted by Crippen LogP contribution is -2.29. The van der Waals surface area contributed by atoms with Gasteiger partial charge in [-0.1, -0.05) is 24.3 Å². The maximum Gasteiger partial charge on any atom is 0.244 e. The van der Waals surface area contributed by atoms with Crippen LogP contribution in [0.15, 0.2) is 67.0 Å². The van der Waals surface area contributed by atoms with Gasteiger partial charge >= 0.3 is 0 Å². The van der Waals surface area contributed by atoms with Crippen molar-refractivity contribution >= 4 is 12.0 Å².